The lowest BCUT2D eigenvalue weighted by molar-refractivity contribution is -0.137. The number of rotatable bonds is 8. The molecule has 5 nitrogen and oxygen atoms in total. The van der Waals surface area contributed by atoms with Crippen molar-refractivity contribution in [2.75, 3.05) is 20.6 Å². The quantitative estimate of drug-likeness (QED) is 0.478. The average molecular weight is 233 g/mol. The molecule has 0 heterocycles. The Morgan fingerprint density at radius 3 is 2.44 bits per heavy atom. The Hall–Kier alpha value is -1.10. The lowest BCUT2D eigenvalue weighted by Crippen LogP contribution is -2.44. The summed E-state index contributed by atoms with van der Waals surface area (Å²) < 4.78 is 0. The summed E-state index contributed by atoms with van der Waals surface area (Å²) in [5.41, 5.74) is 0. The summed E-state index contributed by atoms with van der Waals surface area (Å²) in [5.74, 6) is -0.977. The fourth-order valence-corrected chi connectivity index (χ4v) is 1.43. The van der Waals surface area contributed by atoms with E-state index < -0.39 is 5.97 Å². The van der Waals surface area contributed by atoms with Gasteiger partial charge in [-0.3, -0.25) is 14.5 Å². The van der Waals surface area contributed by atoms with Gasteiger partial charge in [0.25, 0.3) is 0 Å². The highest BCUT2D eigenvalue weighted by molar-refractivity contribution is 5.82. The molecule has 0 aliphatic carbocycles. The number of carboxylic acids is 1. The predicted molar refractivity (Wildman–Crippen MR) is 62.3 cm³/mol. The van der Waals surface area contributed by atoms with Crippen LogP contribution in [-0.2, 0) is 9.59 Å². The molecule has 0 aliphatic rings. The molecular weight excluding hydrogens is 211 g/mol. The lowest BCUT2D eigenvalue weighted by Gasteiger charge is -2.23. The molecule has 1 atom stereocenters. The van der Waals surface area contributed by atoms with E-state index in [0.717, 1.165) is 19.3 Å². The molecule has 0 saturated heterocycles. The molecule has 0 aliphatic heterocycles. The van der Waals surface area contributed by atoms with Crippen LogP contribution in [0.3, 0.4) is 0 Å². The van der Waals surface area contributed by atoms with E-state index in [4.69, 9.17) is 5.11 Å². The maximum atomic E-state index is 11.7. The van der Waals surface area contributed by atoms with Crippen molar-refractivity contribution in [2.24, 2.45) is 0 Å². The van der Waals surface area contributed by atoms with Crippen LogP contribution in [-0.4, -0.2) is 48.6 Å². The van der Waals surface area contributed by atoms with E-state index in [0.29, 0.717) is 0 Å². The number of unbranched alkanes of at least 4 members (excludes halogenated alkanes) is 1. The van der Waals surface area contributed by atoms with Crippen molar-refractivity contribution < 1.29 is 14.7 Å². The molecule has 0 aromatic rings. The zero-order valence-corrected chi connectivity index (χ0v) is 10.3. The third-order valence-electron chi connectivity index (χ3n) is 2.40. The van der Waals surface area contributed by atoms with Crippen molar-refractivity contribution in [3.8, 4) is 0 Å². The molecule has 5 heteroatoms. The number of nitrogens with zero attached hydrogens (tertiary/aromatic N) is 1. The average Bonchev–Trinajstić information content (AvgIpc) is 2.17. The molecule has 0 aromatic heterocycles. The predicted octanol–water partition coefficient (Wildman–Crippen LogP) is 0.698. The number of amides is 1. The van der Waals surface area contributed by atoms with Crippen LogP contribution in [0.5, 0.6) is 0 Å². The first kappa shape index (κ1) is 14.9. The van der Waals surface area contributed by atoms with Gasteiger partial charge in [-0.1, -0.05) is 19.8 Å². The van der Waals surface area contributed by atoms with Crippen molar-refractivity contribution >= 4 is 11.9 Å². The van der Waals surface area contributed by atoms with Crippen molar-refractivity contribution in [1.29, 1.82) is 0 Å². The van der Waals surface area contributed by atoms with Gasteiger partial charge in [-0.05, 0) is 20.5 Å². The van der Waals surface area contributed by atoms with Crippen molar-refractivity contribution in [3.63, 3.8) is 0 Å². The SMILES string of the molecule is C[15N](C)C(CCC[13CH3])C(=O)N[13CH2]CC(=O)O. The van der Waals surface area contributed by atoms with Gasteiger partial charge in [0.05, 0.1) is 12.5 Å². The highest BCUT2D eigenvalue weighted by Crippen LogP contribution is 2.05. The lowest BCUT2D eigenvalue weighted by atomic mass is 10.1. The summed E-state index contributed by atoms with van der Waals surface area (Å²) >= 11 is 0. The first-order chi connectivity index (χ1) is 7.49. The molecule has 16 heavy (non-hydrogen) atoms. The van der Waals surface area contributed by atoms with Crippen LogP contribution in [0.2, 0.25) is 0 Å². The van der Waals surface area contributed by atoms with E-state index in [1.807, 2.05) is 19.0 Å². The second-order valence-electron chi connectivity index (χ2n) is 4.06. The number of hydrogen-bond donors (Lipinski definition) is 2. The maximum Gasteiger partial charge on any atom is 0.305 e. The van der Waals surface area contributed by atoms with Gasteiger partial charge >= 0.3 is 5.97 Å². The molecule has 0 aromatic carbocycles. The number of aliphatic carboxylic acids is 1. The van der Waals surface area contributed by atoms with Crippen LogP contribution >= 0.6 is 0 Å². The Morgan fingerprint density at radius 1 is 1.38 bits per heavy atom. The topological polar surface area (TPSA) is 69.6 Å². The summed E-state index contributed by atoms with van der Waals surface area (Å²) in [6.07, 6.45) is 2.82. The zero-order chi connectivity index (χ0) is 12.6. The van der Waals surface area contributed by atoms with Gasteiger partial charge in [0.2, 0.25) is 5.91 Å². The van der Waals surface area contributed by atoms with Crippen molar-refractivity contribution in [2.45, 2.75) is 38.6 Å². The van der Waals surface area contributed by atoms with Crippen molar-refractivity contribution in [1.82, 2.24) is 10.2 Å². The molecule has 0 fully saturated rings. The Labute approximate surface area is 96.8 Å². The number of carboxylic acid groups (broad SMARTS) is 1. The summed E-state index contributed by atoms with van der Waals surface area (Å²) in [5, 5.41) is 11.1. The van der Waals surface area contributed by atoms with E-state index in [1.165, 1.54) is 0 Å². The van der Waals surface area contributed by atoms with Crippen LogP contribution in [0.15, 0.2) is 0 Å². The standard InChI is InChI=1S/C11H22N2O3/c1-4-5-6-9(13(2)3)11(16)12-8-7-10(14)15/h9H,4-8H2,1-3H3,(H,12,16)(H,14,15)/i1+1,8+1,13+1. The molecule has 0 spiro atoms. The Balaban J connectivity index is 4.01. The number of hydrogen-bond acceptors (Lipinski definition) is 3. The normalized spacial score (nSPS) is 12.5. The van der Waals surface area contributed by atoms with Gasteiger partial charge in [-0.25, -0.2) is 0 Å². The Morgan fingerprint density at radius 2 is 2.00 bits per heavy atom. The molecule has 1 unspecified atom stereocenters. The Kier molecular flexibility index (Phi) is 7.54. The molecule has 0 rings (SSSR count). The van der Waals surface area contributed by atoms with E-state index in [-0.39, 0.29) is 24.9 Å². The number of nitrogens with one attached hydrogen (secondary N) is 1. The van der Waals surface area contributed by atoms with Gasteiger partial charge in [0, 0.05) is 6.54 Å². The molecule has 0 bridgehead atoms. The second kappa shape index (κ2) is 8.10. The third-order valence-corrected chi connectivity index (χ3v) is 2.40. The van der Waals surface area contributed by atoms with Crippen LogP contribution < -0.4 is 5.32 Å². The van der Waals surface area contributed by atoms with Gasteiger partial charge in [-0.2, -0.15) is 0 Å². The van der Waals surface area contributed by atoms with Crippen LogP contribution in [0, 0.1) is 0 Å². The van der Waals surface area contributed by atoms with Crippen LogP contribution in [0.4, 0.5) is 0 Å². The number of carbonyl (C=O) groups is 2. The minimum atomic E-state index is -0.893. The van der Waals surface area contributed by atoms with Gasteiger partial charge < -0.3 is 10.4 Å². The first-order valence-corrected chi connectivity index (χ1v) is 5.65. The van der Waals surface area contributed by atoms with E-state index >= 15 is 0 Å². The summed E-state index contributed by atoms with van der Waals surface area (Å²) in [6.45, 7) is 2.28. The monoisotopic (exact) mass is 233 g/mol. The molecule has 0 radical (unpaired) electrons. The maximum absolute atomic E-state index is 11.7. The summed E-state index contributed by atoms with van der Waals surface area (Å²) in [7, 11) is 3.72. The first-order valence-electron chi connectivity index (χ1n) is 5.65. The van der Waals surface area contributed by atoms with E-state index in [2.05, 4.69) is 12.2 Å². The third kappa shape index (κ3) is 6.40. The molecular formula is C11H22N2O3. The summed E-state index contributed by atoms with van der Waals surface area (Å²) in [6, 6.07) is -0.159. The van der Waals surface area contributed by atoms with Crippen LogP contribution in [0.25, 0.3) is 0 Å². The zero-order valence-electron chi connectivity index (χ0n) is 10.3. The van der Waals surface area contributed by atoms with E-state index in [9.17, 15) is 9.59 Å². The minimum absolute atomic E-state index is 0.0281. The smallest absolute Gasteiger partial charge is 0.305 e. The second-order valence-corrected chi connectivity index (χ2v) is 4.06. The highest BCUT2D eigenvalue weighted by atomic mass is 16.4. The van der Waals surface area contributed by atoms with Crippen molar-refractivity contribution in [3.05, 3.63) is 0 Å². The molecule has 1 amide bonds. The Bertz CT molecular complexity index is 229. The largest absolute Gasteiger partial charge is 0.481 e. The molecule has 94 valence electrons. The minimum Gasteiger partial charge on any atom is -0.481 e. The highest BCUT2D eigenvalue weighted by Gasteiger charge is 2.19. The molecule has 0 saturated carbocycles. The number of carbonyl (C=O) groups excluding carboxylic acids is 1. The fraction of sp³-hybridized carbons (Fsp3) is 0.818. The molecule has 2 N–H and O–H groups in total. The van der Waals surface area contributed by atoms with Gasteiger partial charge in [0.1, 0.15) is 0 Å². The van der Waals surface area contributed by atoms with Gasteiger partial charge in [-0.15, -0.1) is 0 Å². The van der Waals surface area contributed by atoms with E-state index in [1.54, 1.807) is 0 Å². The van der Waals surface area contributed by atoms with Crippen LogP contribution in [0.1, 0.15) is 32.6 Å². The van der Waals surface area contributed by atoms with Gasteiger partial charge in [0.15, 0.2) is 0 Å². The number of likely N-dealkylation sites (N-methyl/N-ethyl adjacent to an activating group) is 1. The fourth-order valence-electron chi connectivity index (χ4n) is 1.43. The summed E-state index contributed by atoms with van der Waals surface area (Å²) in [4.78, 5) is 23.9.